The van der Waals surface area contributed by atoms with E-state index in [0.29, 0.717) is 11.8 Å². The van der Waals surface area contributed by atoms with Crippen molar-refractivity contribution in [3.05, 3.63) is 11.5 Å². The molecule has 0 aliphatic rings. The molecule has 0 aliphatic heterocycles. The van der Waals surface area contributed by atoms with Crippen LogP contribution in [0.15, 0.2) is 0 Å². The Kier molecular flexibility index (Phi) is 3.73. The second kappa shape index (κ2) is 5.12. The van der Waals surface area contributed by atoms with E-state index in [9.17, 15) is 0 Å². The van der Waals surface area contributed by atoms with Crippen molar-refractivity contribution in [3.63, 3.8) is 0 Å². The van der Waals surface area contributed by atoms with Crippen LogP contribution < -0.4 is 0 Å². The lowest BCUT2D eigenvalue weighted by atomic mass is 10.0. The summed E-state index contributed by atoms with van der Waals surface area (Å²) in [7, 11) is 0. The van der Waals surface area contributed by atoms with Crippen molar-refractivity contribution in [3.8, 4) is 0 Å². The summed E-state index contributed by atoms with van der Waals surface area (Å²) in [5.41, 5.74) is 3.18. The lowest BCUT2D eigenvalue weighted by Crippen LogP contribution is -2.07. The highest BCUT2D eigenvalue weighted by molar-refractivity contribution is 5.74. The molecule has 2 aromatic heterocycles. The van der Waals surface area contributed by atoms with E-state index < -0.39 is 0 Å². The standard InChI is InChI=1S/C14H24N4/c1-6-11(7-2)13-15-12-10(5)17-18(8-9(3)4)14(12)16-13/h9,11H,6-8H2,1-5H3,(H,15,16). The fourth-order valence-corrected chi connectivity index (χ4v) is 2.44. The lowest BCUT2D eigenvalue weighted by Gasteiger charge is -2.08. The molecule has 0 saturated carbocycles. The zero-order chi connectivity index (χ0) is 13.3. The van der Waals surface area contributed by atoms with E-state index >= 15 is 0 Å². The summed E-state index contributed by atoms with van der Waals surface area (Å²) >= 11 is 0. The number of hydrogen-bond acceptors (Lipinski definition) is 2. The molecule has 0 atom stereocenters. The monoisotopic (exact) mass is 248 g/mol. The molecular formula is C14H24N4. The highest BCUT2D eigenvalue weighted by Crippen LogP contribution is 2.24. The second-order valence-electron chi connectivity index (χ2n) is 5.50. The van der Waals surface area contributed by atoms with E-state index in [1.807, 2.05) is 11.6 Å². The van der Waals surface area contributed by atoms with Crippen LogP contribution in [0.3, 0.4) is 0 Å². The van der Waals surface area contributed by atoms with Crippen molar-refractivity contribution in [1.82, 2.24) is 19.7 Å². The number of aromatic nitrogens is 4. The maximum atomic E-state index is 4.77. The molecule has 0 spiro atoms. The van der Waals surface area contributed by atoms with E-state index in [1.165, 1.54) is 0 Å². The Balaban J connectivity index is 2.44. The molecule has 0 fully saturated rings. The van der Waals surface area contributed by atoms with Gasteiger partial charge in [0.15, 0.2) is 5.65 Å². The molecule has 0 radical (unpaired) electrons. The Labute approximate surface area is 109 Å². The zero-order valence-corrected chi connectivity index (χ0v) is 12.1. The normalized spacial score (nSPS) is 12.2. The van der Waals surface area contributed by atoms with Gasteiger partial charge in [0.2, 0.25) is 0 Å². The van der Waals surface area contributed by atoms with Gasteiger partial charge in [-0.1, -0.05) is 27.7 Å². The number of hydrogen-bond donors (Lipinski definition) is 1. The van der Waals surface area contributed by atoms with Gasteiger partial charge < -0.3 is 4.98 Å². The first-order chi connectivity index (χ1) is 8.56. The molecule has 0 aromatic carbocycles. The Morgan fingerprint density at radius 3 is 2.44 bits per heavy atom. The van der Waals surface area contributed by atoms with Crippen LogP contribution in [0, 0.1) is 12.8 Å². The van der Waals surface area contributed by atoms with Gasteiger partial charge in [-0.15, -0.1) is 0 Å². The van der Waals surface area contributed by atoms with Crippen LogP contribution in [0.25, 0.3) is 11.2 Å². The van der Waals surface area contributed by atoms with Crippen molar-refractivity contribution in [2.24, 2.45) is 5.92 Å². The van der Waals surface area contributed by atoms with Crippen molar-refractivity contribution in [1.29, 1.82) is 0 Å². The molecule has 0 saturated heterocycles. The number of imidazole rings is 1. The average molecular weight is 248 g/mol. The third-order valence-electron chi connectivity index (χ3n) is 3.49. The number of H-pyrrole nitrogens is 1. The molecule has 2 rings (SSSR count). The third kappa shape index (κ3) is 2.28. The van der Waals surface area contributed by atoms with E-state index in [4.69, 9.17) is 4.98 Å². The average Bonchev–Trinajstić information content (AvgIpc) is 2.83. The summed E-state index contributed by atoms with van der Waals surface area (Å²) in [4.78, 5) is 8.24. The van der Waals surface area contributed by atoms with Gasteiger partial charge in [-0.05, 0) is 25.7 Å². The Morgan fingerprint density at radius 1 is 1.22 bits per heavy atom. The van der Waals surface area contributed by atoms with Gasteiger partial charge in [0, 0.05) is 12.5 Å². The lowest BCUT2D eigenvalue weighted by molar-refractivity contribution is 0.489. The van der Waals surface area contributed by atoms with E-state index in [-0.39, 0.29) is 0 Å². The highest BCUT2D eigenvalue weighted by Gasteiger charge is 2.17. The van der Waals surface area contributed by atoms with Crippen LogP contribution in [-0.2, 0) is 6.54 Å². The number of aromatic amines is 1. The van der Waals surface area contributed by atoms with Crippen LogP contribution in [0.5, 0.6) is 0 Å². The van der Waals surface area contributed by atoms with Crippen molar-refractivity contribution < 1.29 is 0 Å². The number of fused-ring (bicyclic) bond motifs is 1. The first-order valence-corrected chi connectivity index (χ1v) is 6.99. The molecule has 0 bridgehead atoms. The SMILES string of the molecule is CCC(CC)c1nc2c([nH]1)c(C)nn2CC(C)C. The summed E-state index contributed by atoms with van der Waals surface area (Å²) in [6.45, 7) is 11.8. The molecule has 2 aromatic rings. The molecular weight excluding hydrogens is 224 g/mol. The predicted octanol–water partition coefficient (Wildman–Crippen LogP) is 3.63. The minimum absolute atomic E-state index is 0.532. The Hall–Kier alpha value is -1.32. The third-order valence-corrected chi connectivity index (χ3v) is 3.49. The van der Waals surface area contributed by atoms with Crippen LogP contribution in [0.1, 0.15) is 58.0 Å². The Morgan fingerprint density at radius 2 is 1.89 bits per heavy atom. The van der Waals surface area contributed by atoms with Crippen molar-refractivity contribution in [2.75, 3.05) is 0 Å². The van der Waals surface area contributed by atoms with Crippen molar-refractivity contribution in [2.45, 2.75) is 59.9 Å². The van der Waals surface area contributed by atoms with Gasteiger partial charge >= 0.3 is 0 Å². The zero-order valence-electron chi connectivity index (χ0n) is 12.1. The molecule has 4 heteroatoms. The molecule has 0 amide bonds. The fraction of sp³-hybridized carbons (Fsp3) is 0.714. The maximum absolute atomic E-state index is 4.77. The quantitative estimate of drug-likeness (QED) is 0.878. The van der Waals surface area contributed by atoms with Crippen LogP contribution in [0.2, 0.25) is 0 Å². The molecule has 4 nitrogen and oxygen atoms in total. The molecule has 18 heavy (non-hydrogen) atoms. The van der Waals surface area contributed by atoms with E-state index in [1.54, 1.807) is 0 Å². The highest BCUT2D eigenvalue weighted by atomic mass is 15.3. The number of nitrogens with zero attached hydrogens (tertiary/aromatic N) is 3. The molecule has 0 aliphatic carbocycles. The smallest absolute Gasteiger partial charge is 0.176 e. The number of rotatable bonds is 5. The fourth-order valence-electron chi connectivity index (χ4n) is 2.44. The van der Waals surface area contributed by atoms with E-state index in [2.05, 4.69) is 37.8 Å². The summed E-state index contributed by atoms with van der Waals surface area (Å²) in [5.74, 6) is 2.23. The summed E-state index contributed by atoms with van der Waals surface area (Å²) in [6, 6.07) is 0. The molecule has 1 N–H and O–H groups in total. The topological polar surface area (TPSA) is 46.5 Å². The summed E-state index contributed by atoms with van der Waals surface area (Å²) in [5, 5.41) is 4.56. The minimum atomic E-state index is 0.532. The largest absolute Gasteiger partial charge is 0.339 e. The molecule has 0 unspecified atom stereocenters. The Bertz CT molecular complexity index is 517. The van der Waals surface area contributed by atoms with Gasteiger partial charge in [-0.25, -0.2) is 9.67 Å². The van der Waals surface area contributed by atoms with Crippen LogP contribution in [-0.4, -0.2) is 19.7 Å². The van der Waals surface area contributed by atoms with Gasteiger partial charge in [0.05, 0.1) is 5.69 Å². The second-order valence-corrected chi connectivity index (χ2v) is 5.50. The molecule has 100 valence electrons. The molecule has 2 heterocycles. The first-order valence-electron chi connectivity index (χ1n) is 6.99. The number of nitrogens with one attached hydrogen (secondary N) is 1. The van der Waals surface area contributed by atoms with E-state index in [0.717, 1.165) is 42.1 Å². The van der Waals surface area contributed by atoms with Gasteiger partial charge in [0.25, 0.3) is 0 Å². The summed E-state index contributed by atoms with van der Waals surface area (Å²) in [6.07, 6.45) is 2.26. The maximum Gasteiger partial charge on any atom is 0.176 e. The predicted molar refractivity (Wildman–Crippen MR) is 74.8 cm³/mol. The van der Waals surface area contributed by atoms with Crippen molar-refractivity contribution >= 4 is 11.2 Å². The number of aryl methyl sites for hydroxylation is 1. The minimum Gasteiger partial charge on any atom is -0.339 e. The van der Waals surface area contributed by atoms with Gasteiger partial charge in [0.1, 0.15) is 11.3 Å². The summed E-state index contributed by atoms with van der Waals surface area (Å²) < 4.78 is 2.04. The van der Waals surface area contributed by atoms with Crippen LogP contribution in [0.4, 0.5) is 0 Å². The van der Waals surface area contributed by atoms with Crippen LogP contribution >= 0.6 is 0 Å². The van der Waals surface area contributed by atoms with Gasteiger partial charge in [-0.2, -0.15) is 5.10 Å². The first kappa shape index (κ1) is 13.1. The van der Waals surface area contributed by atoms with Gasteiger partial charge in [-0.3, -0.25) is 0 Å².